The van der Waals surface area contributed by atoms with Crippen molar-refractivity contribution in [1.29, 1.82) is 0 Å². The first-order chi connectivity index (χ1) is 7.54. The Morgan fingerprint density at radius 3 is 2.75 bits per heavy atom. The molecule has 0 saturated carbocycles. The van der Waals surface area contributed by atoms with Crippen LogP contribution in [0.1, 0.15) is 34.8 Å². The molecule has 0 atom stereocenters. The zero-order chi connectivity index (χ0) is 12.1. The van der Waals surface area contributed by atoms with E-state index in [1.165, 1.54) is 11.3 Å². The van der Waals surface area contributed by atoms with Crippen molar-refractivity contribution in [2.75, 3.05) is 12.4 Å². The minimum atomic E-state index is -0.911. The predicted molar refractivity (Wildman–Crippen MR) is 67.2 cm³/mol. The normalized spacial score (nSPS) is 9.75. The highest BCUT2D eigenvalue weighted by Crippen LogP contribution is 2.26. The average Bonchev–Trinajstić information content (AvgIpc) is 2.60. The van der Waals surface area contributed by atoms with Gasteiger partial charge in [-0.1, -0.05) is 25.7 Å². The van der Waals surface area contributed by atoms with Gasteiger partial charge < -0.3 is 10.4 Å². The topological polar surface area (TPSA) is 49.3 Å². The average molecular weight is 237 g/mol. The zero-order valence-corrected chi connectivity index (χ0v) is 10.4. The van der Waals surface area contributed by atoms with Crippen LogP contribution in [0.15, 0.2) is 6.07 Å². The molecule has 1 heterocycles. The van der Waals surface area contributed by atoms with E-state index in [1.807, 2.05) is 0 Å². The first-order valence-electron chi connectivity index (χ1n) is 5.08. The molecule has 1 aromatic heterocycles. The number of nitrogens with one attached hydrogen (secondary N) is 1. The summed E-state index contributed by atoms with van der Waals surface area (Å²) >= 11 is 1.21. The second-order valence-electron chi connectivity index (χ2n) is 3.81. The Kier molecular flexibility index (Phi) is 4.39. The number of hydrogen-bond donors (Lipinski definition) is 2. The second kappa shape index (κ2) is 5.57. The molecule has 3 nitrogen and oxygen atoms in total. The van der Waals surface area contributed by atoms with Gasteiger partial charge in [0.2, 0.25) is 0 Å². The Balaban J connectivity index is 2.89. The fourth-order valence-electron chi connectivity index (χ4n) is 1.14. The van der Waals surface area contributed by atoms with Crippen molar-refractivity contribution in [1.82, 2.24) is 0 Å². The van der Waals surface area contributed by atoms with Crippen LogP contribution in [0.2, 0.25) is 0 Å². The van der Waals surface area contributed by atoms with Crippen molar-refractivity contribution >= 4 is 23.0 Å². The van der Waals surface area contributed by atoms with E-state index in [4.69, 9.17) is 5.11 Å². The van der Waals surface area contributed by atoms with Crippen molar-refractivity contribution in [2.45, 2.75) is 20.3 Å². The van der Waals surface area contributed by atoms with E-state index >= 15 is 0 Å². The Bertz CT molecular complexity index is 438. The molecule has 0 aliphatic carbocycles. The van der Waals surface area contributed by atoms with Gasteiger partial charge in [-0.3, -0.25) is 0 Å². The molecule has 0 fully saturated rings. The maximum Gasteiger partial charge on any atom is 0.348 e. The number of rotatable bonds is 3. The molecule has 16 heavy (non-hydrogen) atoms. The van der Waals surface area contributed by atoms with Crippen molar-refractivity contribution in [2.24, 2.45) is 5.92 Å². The molecule has 0 unspecified atom stereocenters. The van der Waals surface area contributed by atoms with E-state index in [0.29, 0.717) is 16.5 Å². The molecule has 4 heteroatoms. The summed E-state index contributed by atoms with van der Waals surface area (Å²) in [5.74, 6) is 5.66. The van der Waals surface area contributed by atoms with Crippen molar-refractivity contribution in [3.63, 3.8) is 0 Å². The number of carbonyl (C=O) groups is 1. The second-order valence-corrected chi connectivity index (χ2v) is 4.86. The van der Waals surface area contributed by atoms with Gasteiger partial charge >= 0.3 is 5.97 Å². The Labute approximate surface area is 99.5 Å². The Morgan fingerprint density at radius 1 is 1.62 bits per heavy atom. The molecule has 0 radical (unpaired) electrons. The molecule has 0 aliphatic heterocycles. The summed E-state index contributed by atoms with van der Waals surface area (Å²) in [4.78, 5) is 12.0. The summed E-state index contributed by atoms with van der Waals surface area (Å²) in [5, 5.41) is 11.8. The van der Waals surface area contributed by atoms with Gasteiger partial charge in [-0.25, -0.2) is 4.79 Å². The first-order valence-corrected chi connectivity index (χ1v) is 5.90. The molecule has 2 N–H and O–H groups in total. The van der Waals surface area contributed by atoms with Crippen LogP contribution in [0, 0.1) is 17.8 Å². The lowest BCUT2D eigenvalue weighted by molar-refractivity contribution is 0.0703. The molecule has 0 aliphatic rings. The standard InChI is InChI=1S/C12H15NO2S/c1-8(2)5-4-6-9-7-10(13-3)11(16-9)12(14)15/h7-8,13H,5H2,1-3H3,(H,14,15). The Hall–Kier alpha value is -1.47. The predicted octanol–water partition coefficient (Wildman–Crippen LogP) is 2.89. The third-order valence-electron chi connectivity index (χ3n) is 1.92. The Morgan fingerprint density at radius 2 is 2.31 bits per heavy atom. The quantitative estimate of drug-likeness (QED) is 0.795. The maximum absolute atomic E-state index is 10.9. The molecular formula is C12H15NO2S. The summed E-state index contributed by atoms with van der Waals surface area (Å²) in [5.41, 5.74) is 0.631. The summed E-state index contributed by atoms with van der Waals surface area (Å²) in [6, 6.07) is 1.78. The van der Waals surface area contributed by atoms with Crippen LogP contribution >= 0.6 is 11.3 Å². The van der Waals surface area contributed by atoms with Crippen molar-refractivity contribution in [3.8, 4) is 11.8 Å². The van der Waals surface area contributed by atoms with Crippen LogP contribution < -0.4 is 5.32 Å². The molecule has 0 saturated heterocycles. The van der Waals surface area contributed by atoms with Crippen LogP contribution in [-0.2, 0) is 0 Å². The van der Waals surface area contributed by atoms with Gasteiger partial charge in [0, 0.05) is 13.5 Å². The van der Waals surface area contributed by atoms with E-state index in [2.05, 4.69) is 31.0 Å². The summed E-state index contributed by atoms with van der Waals surface area (Å²) in [7, 11) is 1.71. The number of hydrogen-bond acceptors (Lipinski definition) is 3. The van der Waals surface area contributed by atoms with E-state index < -0.39 is 5.97 Å². The van der Waals surface area contributed by atoms with Crippen LogP contribution in [0.4, 0.5) is 5.69 Å². The number of anilines is 1. The molecule has 0 bridgehead atoms. The fourth-order valence-corrected chi connectivity index (χ4v) is 2.02. The van der Waals surface area contributed by atoms with Gasteiger partial charge in [-0.2, -0.15) is 0 Å². The van der Waals surface area contributed by atoms with Crippen LogP contribution in [0.3, 0.4) is 0 Å². The van der Waals surface area contributed by atoms with Crippen LogP contribution in [0.5, 0.6) is 0 Å². The monoisotopic (exact) mass is 237 g/mol. The van der Waals surface area contributed by atoms with Crippen LogP contribution in [-0.4, -0.2) is 18.1 Å². The maximum atomic E-state index is 10.9. The largest absolute Gasteiger partial charge is 0.477 e. The third kappa shape index (κ3) is 3.28. The summed E-state index contributed by atoms with van der Waals surface area (Å²) in [6.07, 6.45) is 0.829. The van der Waals surface area contributed by atoms with Crippen LogP contribution in [0.25, 0.3) is 0 Å². The molecule has 0 amide bonds. The highest BCUT2D eigenvalue weighted by molar-refractivity contribution is 7.15. The van der Waals surface area contributed by atoms with E-state index in [0.717, 1.165) is 11.3 Å². The first kappa shape index (κ1) is 12.6. The van der Waals surface area contributed by atoms with Gasteiger partial charge in [-0.05, 0) is 12.0 Å². The lowest BCUT2D eigenvalue weighted by Crippen LogP contribution is -1.97. The molecule has 1 rings (SSSR count). The van der Waals surface area contributed by atoms with Gasteiger partial charge in [0.15, 0.2) is 0 Å². The minimum absolute atomic E-state index is 0.316. The number of carboxylic acid groups (broad SMARTS) is 1. The molecular weight excluding hydrogens is 222 g/mol. The summed E-state index contributed by atoms with van der Waals surface area (Å²) < 4.78 is 0. The molecule has 0 spiro atoms. The zero-order valence-electron chi connectivity index (χ0n) is 9.63. The molecule has 0 aromatic carbocycles. The highest BCUT2D eigenvalue weighted by Gasteiger charge is 2.13. The number of aromatic carboxylic acids is 1. The highest BCUT2D eigenvalue weighted by atomic mass is 32.1. The SMILES string of the molecule is CNc1cc(C#CCC(C)C)sc1C(=O)O. The van der Waals surface area contributed by atoms with E-state index in [9.17, 15) is 4.79 Å². The number of thiophene rings is 1. The van der Waals surface area contributed by atoms with Gasteiger partial charge in [0.05, 0.1) is 10.6 Å². The number of carboxylic acids is 1. The lowest BCUT2D eigenvalue weighted by atomic mass is 10.1. The van der Waals surface area contributed by atoms with Gasteiger partial charge in [0.25, 0.3) is 0 Å². The fraction of sp³-hybridized carbons (Fsp3) is 0.417. The minimum Gasteiger partial charge on any atom is -0.477 e. The third-order valence-corrected chi connectivity index (χ3v) is 2.96. The van der Waals surface area contributed by atoms with E-state index in [1.54, 1.807) is 13.1 Å². The van der Waals surface area contributed by atoms with Gasteiger partial charge in [-0.15, -0.1) is 11.3 Å². The van der Waals surface area contributed by atoms with E-state index in [-0.39, 0.29) is 0 Å². The van der Waals surface area contributed by atoms with Crippen molar-refractivity contribution in [3.05, 3.63) is 15.8 Å². The smallest absolute Gasteiger partial charge is 0.348 e. The lowest BCUT2D eigenvalue weighted by Gasteiger charge is -1.94. The molecule has 1 aromatic rings. The summed E-state index contributed by atoms with van der Waals surface area (Å²) in [6.45, 7) is 4.20. The van der Waals surface area contributed by atoms with Crippen molar-refractivity contribution < 1.29 is 9.90 Å². The molecule has 86 valence electrons. The van der Waals surface area contributed by atoms with Gasteiger partial charge in [0.1, 0.15) is 4.88 Å².